The van der Waals surface area contributed by atoms with Gasteiger partial charge in [-0.25, -0.2) is 18.0 Å². The molecule has 0 saturated carbocycles. The lowest BCUT2D eigenvalue weighted by Crippen LogP contribution is -2.24. The summed E-state index contributed by atoms with van der Waals surface area (Å²) in [4.78, 5) is 23.2. The molecule has 1 aromatic heterocycles. The average molecular weight is 297 g/mol. The average Bonchev–Trinajstić information content (AvgIpc) is 2.34. The smallest absolute Gasteiger partial charge is 0.337 e. The Morgan fingerprint density at radius 3 is 2.10 bits per heavy atom. The fourth-order valence-electron chi connectivity index (χ4n) is 2.20. The Labute approximate surface area is 117 Å². The fraction of sp³-hybridized carbons (Fsp3) is 0.143. The van der Waals surface area contributed by atoms with Crippen LogP contribution in [0.5, 0.6) is 0 Å². The molecular formula is C14H10F3NO3. The number of nitrogens with zero attached hydrogens (tertiary/aromatic N) is 1. The maximum Gasteiger partial charge on any atom is 0.337 e. The first-order valence-corrected chi connectivity index (χ1v) is 5.85. The van der Waals surface area contributed by atoms with Gasteiger partial charge in [0.05, 0.1) is 11.3 Å². The Bertz CT molecular complexity index is 789. The maximum atomic E-state index is 13.3. The second kappa shape index (κ2) is 5.08. The number of hydrogen-bond donors (Lipinski definition) is 1. The van der Waals surface area contributed by atoms with Gasteiger partial charge >= 0.3 is 5.97 Å². The Kier molecular flexibility index (Phi) is 3.59. The first-order chi connectivity index (χ1) is 9.73. The van der Waals surface area contributed by atoms with E-state index in [4.69, 9.17) is 5.11 Å². The van der Waals surface area contributed by atoms with E-state index in [0.29, 0.717) is 12.1 Å². The predicted octanol–water partition coefficient (Wildman–Crippen LogP) is 2.57. The Morgan fingerprint density at radius 2 is 1.62 bits per heavy atom. The predicted molar refractivity (Wildman–Crippen MR) is 68.3 cm³/mol. The van der Waals surface area contributed by atoms with Crippen molar-refractivity contribution >= 4 is 5.97 Å². The maximum absolute atomic E-state index is 13.3. The summed E-state index contributed by atoms with van der Waals surface area (Å²) in [6.45, 7) is 2.77. The molecule has 0 amide bonds. The van der Waals surface area contributed by atoms with E-state index in [1.807, 2.05) is 0 Å². The lowest BCUT2D eigenvalue weighted by atomic mass is 10.1. The summed E-state index contributed by atoms with van der Waals surface area (Å²) in [6, 6.07) is 2.30. The molecule has 0 radical (unpaired) electrons. The van der Waals surface area contributed by atoms with Gasteiger partial charge in [0.1, 0.15) is 0 Å². The first kappa shape index (κ1) is 14.8. The molecule has 1 heterocycles. The molecule has 2 rings (SSSR count). The minimum Gasteiger partial charge on any atom is -0.478 e. The van der Waals surface area contributed by atoms with Gasteiger partial charge in [-0.05, 0) is 19.4 Å². The van der Waals surface area contributed by atoms with Gasteiger partial charge in [0, 0.05) is 23.9 Å². The third-order valence-corrected chi connectivity index (χ3v) is 3.09. The van der Waals surface area contributed by atoms with E-state index in [1.54, 1.807) is 0 Å². The van der Waals surface area contributed by atoms with Crippen molar-refractivity contribution in [2.75, 3.05) is 0 Å². The van der Waals surface area contributed by atoms with Crippen molar-refractivity contribution in [2.45, 2.75) is 13.8 Å². The highest BCUT2D eigenvalue weighted by molar-refractivity contribution is 5.90. The lowest BCUT2D eigenvalue weighted by Gasteiger charge is -2.14. The molecule has 110 valence electrons. The Hall–Kier alpha value is -2.57. The van der Waals surface area contributed by atoms with Crippen LogP contribution < -0.4 is 5.56 Å². The van der Waals surface area contributed by atoms with Crippen LogP contribution in [0.2, 0.25) is 0 Å². The van der Waals surface area contributed by atoms with Gasteiger partial charge in [-0.1, -0.05) is 0 Å². The van der Waals surface area contributed by atoms with E-state index in [1.165, 1.54) is 13.8 Å². The molecule has 0 aliphatic rings. The number of aryl methyl sites for hydroxylation is 1. The van der Waals surface area contributed by atoms with Gasteiger partial charge in [-0.15, -0.1) is 0 Å². The highest BCUT2D eigenvalue weighted by atomic mass is 19.2. The van der Waals surface area contributed by atoms with Crippen molar-refractivity contribution in [1.29, 1.82) is 0 Å². The lowest BCUT2D eigenvalue weighted by molar-refractivity contribution is 0.0694. The van der Waals surface area contributed by atoms with Crippen LogP contribution in [0.15, 0.2) is 23.0 Å². The van der Waals surface area contributed by atoms with E-state index in [2.05, 4.69) is 0 Å². The highest BCUT2D eigenvalue weighted by Gasteiger charge is 2.19. The molecule has 0 unspecified atom stereocenters. The normalized spacial score (nSPS) is 10.7. The number of aromatic nitrogens is 1. The standard InChI is InChI=1S/C14H10F3NO3/c1-6-3-11(19)18(7(2)12(6)14(20)21)8-4-9(15)13(17)10(16)5-8/h3-5H,1-2H3,(H,20,21). The zero-order valence-corrected chi connectivity index (χ0v) is 11.1. The quantitative estimate of drug-likeness (QED) is 0.867. The van der Waals surface area contributed by atoms with Crippen molar-refractivity contribution in [3.8, 4) is 5.69 Å². The molecule has 0 aliphatic carbocycles. The molecule has 0 spiro atoms. The van der Waals surface area contributed by atoms with Gasteiger partial charge in [-0.3, -0.25) is 9.36 Å². The van der Waals surface area contributed by atoms with Crippen molar-refractivity contribution in [1.82, 2.24) is 4.57 Å². The Balaban J connectivity index is 2.85. The second-order valence-corrected chi connectivity index (χ2v) is 4.49. The fourth-order valence-corrected chi connectivity index (χ4v) is 2.20. The summed E-state index contributed by atoms with van der Waals surface area (Å²) in [5.74, 6) is -5.86. The number of carboxylic acids is 1. The number of rotatable bonds is 2. The van der Waals surface area contributed by atoms with Gasteiger partial charge in [-0.2, -0.15) is 0 Å². The van der Waals surface area contributed by atoms with Crippen molar-refractivity contribution < 1.29 is 23.1 Å². The monoisotopic (exact) mass is 297 g/mol. The molecule has 4 nitrogen and oxygen atoms in total. The summed E-state index contributed by atoms with van der Waals surface area (Å²) in [7, 11) is 0. The van der Waals surface area contributed by atoms with Crippen LogP contribution in [-0.2, 0) is 0 Å². The Morgan fingerprint density at radius 1 is 1.10 bits per heavy atom. The van der Waals surface area contributed by atoms with Crippen molar-refractivity contribution in [3.63, 3.8) is 0 Å². The van der Waals surface area contributed by atoms with Crippen molar-refractivity contribution in [2.24, 2.45) is 0 Å². The van der Waals surface area contributed by atoms with E-state index in [9.17, 15) is 22.8 Å². The zero-order chi connectivity index (χ0) is 15.9. The number of hydrogen-bond acceptors (Lipinski definition) is 2. The number of aromatic carboxylic acids is 1. The van der Waals surface area contributed by atoms with Gasteiger partial charge in [0.25, 0.3) is 5.56 Å². The third kappa shape index (κ3) is 2.42. The van der Waals surface area contributed by atoms with E-state index >= 15 is 0 Å². The van der Waals surface area contributed by atoms with Crippen LogP contribution >= 0.6 is 0 Å². The van der Waals surface area contributed by atoms with Crippen LogP contribution in [0.4, 0.5) is 13.2 Å². The van der Waals surface area contributed by atoms with Crippen LogP contribution in [0.3, 0.4) is 0 Å². The summed E-state index contributed by atoms with van der Waals surface area (Å²) >= 11 is 0. The second-order valence-electron chi connectivity index (χ2n) is 4.49. The van der Waals surface area contributed by atoms with Gasteiger partial charge in [0.15, 0.2) is 17.5 Å². The number of carboxylic acid groups (broad SMARTS) is 1. The number of pyridine rings is 1. The molecule has 0 fully saturated rings. The first-order valence-electron chi connectivity index (χ1n) is 5.85. The van der Waals surface area contributed by atoms with E-state index in [-0.39, 0.29) is 22.5 Å². The number of halogens is 3. The third-order valence-electron chi connectivity index (χ3n) is 3.09. The molecule has 0 saturated heterocycles. The number of benzene rings is 1. The minimum atomic E-state index is -1.66. The largest absolute Gasteiger partial charge is 0.478 e. The molecule has 0 atom stereocenters. The number of carbonyl (C=O) groups is 1. The molecule has 21 heavy (non-hydrogen) atoms. The molecular weight excluding hydrogens is 287 g/mol. The van der Waals surface area contributed by atoms with E-state index in [0.717, 1.165) is 10.6 Å². The summed E-state index contributed by atoms with van der Waals surface area (Å²) in [6.07, 6.45) is 0. The molecule has 7 heteroatoms. The summed E-state index contributed by atoms with van der Waals surface area (Å²) in [5, 5.41) is 9.14. The van der Waals surface area contributed by atoms with E-state index < -0.39 is 29.0 Å². The minimum absolute atomic E-state index is 0.00194. The van der Waals surface area contributed by atoms with Crippen LogP contribution in [0, 0.1) is 31.3 Å². The van der Waals surface area contributed by atoms with Crippen LogP contribution in [0.1, 0.15) is 21.6 Å². The van der Waals surface area contributed by atoms with Gasteiger partial charge < -0.3 is 5.11 Å². The van der Waals surface area contributed by atoms with Crippen molar-refractivity contribution in [3.05, 3.63) is 62.8 Å². The molecule has 2 aromatic rings. The topological polar surface area (TPSA) is 59.3 Å². The van der Waals surface area contributed by atoms with Crippen LogP contribution in [-0.4, -0.2) is 15.6 Å². The SMILES string of the molecule is Cc1cc(=O)n(-c2cc(F)c(F)c(F)c2)c(C)c1C(=O)O. The summed E-state index contributed by atoms with van der Waals surface area (Å²) < 4.78 is 40.4. The molecule has 1 N–H and O–H groups in total. The summed E-state index contributed by atoms with van der Waals surface area (Å²) in [5.41, 5.74) is -0.876. The molecule has 0 aliphatic heterocycles. The highest BCUT2D eigenvalue weighted by Crippen LogP contribution is 2.19. The zero-order valence-electron chi connectivity index (χ0n) is 11.1. The molecule has 1 aromatic carbocycles. The van der Waals surface area contributed by atoms with Gasteiger partial charge in [0.2, 0.25) is 0 Å². The van der Waals surface area contributed by atoms with Crippen LogP contribution in [0.25, 0.3) is 5.69 Å². The molecule has 0 bridgehead atoms.